The quantitative estimate of drug-likeness (QED) is 0.235. The Morgan fingerprint density at radius 1 is 1.26 bits per heavy atom. The van der Waals surface area contributed by atoms with Crippen LogP contribution >= 0.6 is 11.8 Å². The van der Waals surface area contributed by atoms with Gasteiger partial charge in [0.2, 0.25) is 5.88 Å². The van der Waals surface area contributed by atoms with Crippen LogP contribution in [0.15, 0.2) is 41.4 Å². The number of ether oxygens (including phenoxy) is 2. The van der Waals surface area contributed by atoms with Crippen LogP contribution in [-0.2, 0) is 22.7 Å². The molecule has 2 aromatic rings. The monoisotopic (exact) mass is 447 g/mol. The van der Waals surface area contributed by atoms with Crippen molar-refractivity contribution < 1.29 is 24.2 Å². The molecule has 0 saturated heterocycles. The first-order valence-corrected chi connectivity index (χ1v) is 10.9. The molecule has 2 heterocycles. The third-order valence-electron chi connectivity index (χ3n) is 4.76. The number of rotatable bonds is 10. The van der Waals surface area contributed by atoms with Gasteiger partial charge < -0.3 is 14.3 Å². The molecule has 0 unspecified atom stereocenters. The van der Waals surface area contributed by atoms with E-state index in [1.54, 1.807) is 31.0 Å². The molecule has 3 rings (SSSR count). The highest BCUT2D eigenvalue weighted by Crippen LogP contribution is 2.29. The maximum Gasteiger partial charge on any atom is 0.338 e. The lowest BCUT2D eigenvalue weighted by Gasteiger charge is -2.20. The zero-order valence-electron chi connectivity index (χ0n) is 17.3. The molecule has 0 fully saturated rings. The molecule has 0 bridgehead atoms. The summed E-state index contributed by atoms with van der Waals surface area (Å²) in [6.45, 7) is 2.74. The minimum atomic E-state index is -0.829. The molecule has 10 heteroatoms. The normalized spacial score (nSPS) is 13.7. The molecule has 0 aliphatic carbocycles. The highest BCUT2D eigenvalue weighted by atomic mass is 32.2. The molecular weight excluding hydrogens is 422 g/mol. The molecule has 1 aromatic heterocycles. The van der Waals surface area contributed by atoms with Gasteiger partial charge in [-0.15, -0.1) is 21.9 Å². The zero-order valence-corrected chi connectivity index (χ0v) is 18.1. The summed E-state index contributed by atoms with van der Waals surface area (Å²) in [5.41, 5.74) is 2.80. The highest BCUT2D eigenvalue weighted by Gasteiger charge is 2.17. The topological polar surface area (TPSA) is 104 Å². The number of benzene rings is 1. The van der Waals surface area contributed by atoms with Crippen molar-refractivity contribution in [1.82, 2.24) is 9.88 Å². The lowest BCUT2D eigenvalue weighted by Crippen LogP contribution is -2.24. The van der Waals surface area contributed by atoms with Crippen LogP contribution in [0.25, 0.3) is 0 Å². The van der Waals surface area contributed by atoms with Gasteiger partial charge in [-0.1, -0.05) is 12.1 Å². The Balaban J connectivity index is 1.48. The van der Waals surface area contributed by atoms with Crippen LogP contribution in [0.2, 0.25) is 0 Å². The number of thioether (sulfide) groups is 1. The fraction of sp³-hybridized carbons (Fsp3) is 0.429. The number of nitrogens with zero attached hydrogens (tertiary/aromatic N) is 3. The van der Waals surface area contributed by atoms with Crippen molar-refractivity contribution in [2.45, 2.75) is 30.8 Å². The number of fused-ring (bicyclic) bond motifs is 1. The molecule has 0 atom stereocenters. The van der Waals surface area contributed by atoms with E-state index in [-0.39, 0.29) is 13.2 Å². The first-order chi connectivity index (χ1) is 15.0. The van der Waals surface area contributed by atoms with E-state index in [1.807, 2.05) is 24.4 Å². The van der Waals surface area contributed by atoms with Gasteiger partial charge in [0.25, 0.3) is 5.09 Å². The van der Waals surface area contributed by atoms with Gasteiger partial charge in [-0.25, -0.2) is 9.78 Å². The number of methoxy groups -OCH3 is 1. The van der Waals surface area contributed by atoms with Crippen molar-refractivity contribution in [3.8, 4) is 5.88 Å². The summed E-state index contributed by atoms with van der Waals surface area (Å²) < 4.78 is 10.5. The Labute approximate surface area is 184 Å². The maximum absolute atomic E-state index is 12.1. The summed E-state index contributed by atoms with van der Waals surface area (Å²) in [6, 6.07) is 9.40. The van der Waals surface area contributed by atoms with Crippen LogP contribution in [0.5, 0.6) is 5.88 Å². The van der Waals surface area contributed by atoms with E-state index in [1.165, 1.54) is 10.5 Å². The third-order valence-corrected chi connectivity index (χ3v) is 5.82. The fourth-order valence-electron chi connectivity index (χ4n) is 3.16. The molecule has 166 valence electrons. The molecule has 31 heavy (non-hydrogen) atoms. The van der Waals surface area contributed by atoms with Crippen molar-refractivity contribution in [2.75, 3.05) is 32.6 Å². The highest BCUT2D eigenvalue weighted by molar-refractivity contribution is 7.99. The lowest BCUT2D eigenvalue weighted by atomic mass is 10.1. The number of hydrogen-bond acceptors (Lipinski definition) is 9. The van der Waals surface area contributed by atoms with Crippen molar-refractivity contribution in [2.24, 2.45) is 0 Å². The van der Waals surface area contributed by atoms with Crippen LogP contribution in [0, 0.1) is 10.1 Å². The van der Waals surface area contributed by atoms with E-state index in [0.717, 1.165) is 31.0 Å². The molecule has 9 nitrogen and oxygen atoms in total. The molecule has 1 aliphatic heterocycles. The van der Waals surface area contributed by atoms with Gasteiger partial charge in [0, 0.05) is 42.5 Å². The summed E-state index contributed by atoms with van der Waals surface area (Å²) in [5, 5.41) is 9.23. The van der Waals surface area contributed by atoms with Gasteiger partial charge in [0.15, 0.2) is 0 Å². The van der Waals surface area contributed by atoms with Gasteiger partial charge in [-0.2, -0.15) is 0 Å². The maximum atomic E-state index is 12.1. The predicted molar refractivity (Wildman–Crippen MR) is 115 cm³/mol. The summed E-state index contributed by atoms with van der Waals surface area (Å²) in [7, 11) is 1.62. The molecule has 0 saturated carbocycles. The summed E-state index contributed by atoms with van der Waals surface area (Å²) >= 11 is 1.80. The van der Waals surface area contributed by atoms with Crippen LogP contribution in [-0.4, -0.2) is 53.6 Å². The molecule has 1 aliphatic rings. The van der Waals surface area contributed by atoms with Crippen LogP contribution < -0.4 is 4.74 Å². The third kappa shape index (κ3) is 7.11. The second-order valence-electron chi connectivity index (χ2n) is 6.99. The zero-order chi connectivity index (χ0) is 22.1. The number of aromatic nitrogens is 1. The van der Waals surface area contributed by atoms with Crippen LogP contribution in [0.3, 0.4) is 0 Å². The van der Waals surface area contributed by atoms with E-state index in [0.29, 0.717) is 24.3 Å². The Morgan fingerprint density at radius 2 is 2.03 bits per heavy atom. The molecule has 0 amide bonds. The largest absolute Gasteiger partial charge is 0.481 e. The first-order valence-electron chi connectivity index (χ1n) is 9.96. The average Bonchev–Trinajstić information content (AvgIpc) is 2.97. The first kappa shape index (κ1) is 22.8. The van der Waals surface area contributed by atoms with Crippen LogP contribution in [0.1, 0.15) is 34.3 Å². The number of unbranched alkanes of at least 4 members (excludes halogenated alkanes) is 1. The van der Waals surface area contributed by atoms with Crippen molar-refractivity contribution >= 4 is 17.7 Å². The Hall–Kier alpha value is -2.85. The van der Waals surface area contributed by atoms with Crippen molar-refractivity contribution in [1.29, 1.82) is 0 Å². The van der Waals surface area contributed by atoms with E-state index < -0.39 is 11.1 Å². The smallest absolute Gasteiger partial charge is 0.338 e. The van der Waals surface area contributed by atoms with Gasteiger partial charge in [0.1, 0.15) is 0 Å². The van der Waals surface area contributed by atoms with Gasteiger partial charge in [-0.05, 0) is 36.1 Å². The minimum Gasteiger partial charge on any atom is -0.481 e. The van der Waals surface area contributed by atoms with E-state index in [4.69, 9.17) is 9.47 Å². The fourth-order valence-corrected chi connectivity index (χ4v) is 4.17. The molecule has 0 spiro atoms. The number of hydrogen-bond donors (Lipinski definition) is 0. The second-order valence-corrected chi connectivity index (χ2v) is 8.13. The summed E-state index contributed by atoms with van der Waals surface area (Å²) in [6.07, 6.45) is 2.83. The van der Waals surface area contributed by atoms with Crippen molar-refractivity contribution in [3.63, 3.8) is 0 Å². The van der Waals surface area contributed by atoms with E-state index in [2.05, 4.69) is 14.7 Å². The summed E-state index contributed by atoms with van der Waals surface area (Å²) in [5.74, 6) is 1.20. The predicted octanol–water partition coefficient (Wildman–Crippen LogP) is 3.34. The Bertz CT molecular complexity index is 893. The second kappa shape index (κ2) is 11.5. The molecule has 0 N–H and O–H groups in total. The molecular formula is C21H25N3O6S. The molecule has 0 radical (unpaired) electrons. The average molecular weight is 448 g/mol. The minimum absolute atomic E-state index is 0.00201. The van der Waals surface area contributed by atoms with Gasteiger partial charge in [-0.3, -0.25) is 4.90 Å². The number of carbonyl (C=O) groups is 1. The Morgan fingerprint density at radius 3 is 2.77 bits per heavy atom. The lowest BCUT2D eigenvalue weighted by molar-refractivity contribution is -0.757. The Kier molecular flexibility index (Phi) is 8.48. The SMILES string of the molecule is COc1cc2c(cn1)SCCN(Cc1ccc(C(=O)OCCCCO[N+](=O)[O-])cc1)C2. The van der Waals surface area contributed by atoms with Gasteiger partial charge >= 0.3 is 5.97 Å². The summed E-state index contributed by atoms with van der Waals surface area (Å²) in [4.78, 5) is 34.3. The molecule has 1 aromatic carbocycles. The standard InChI is InChI=1S/C21H25N3O6S/c1-28-20-12-18-15-23(8-11-31-19(18)13-22-20)14-16-4-6-17(7-5-16)21(25)29-9-2-3-10-30-24(26)27/h4-7,12-13H,2-3,8-11,14-15H2,1H3. The number of esters is 1. The van der Waals surface area contributed by atoms with Crippen molar-refractivity contribution in [3.05, 3.63) is 63.3 Å². The number of pyridine rings is 1. The van der Waals surface area contributed by atoms with Gasteiger partial charge in [0.05, 0.1) is 25.9 Å². The van der Waals surface area contributed by atoms with E-state index in [9.17, 15) is 14.9 Å². The van der Waals surface area contributed by atoms with E-state index >= 15 is 0 Å². The van der Waals surface area contributed by atoms with Crippen LogP contribution in [0.4, 0.5) is 0 Å². The number of carbonyl (C=O) groups excluding carboxylic acids is 1.